The van der Waals surface area contributed by atoms with Crippen LogP contribution in [0.1, 0.15) is 26.2 Å². The average molecular weight is 210 g/mol. The second-order valence-electron chi connectivity index (χ2n) is 3.24. The van der Waals surface area contributed by atoms with Crippen molar-refractivity contribution < 1.29 is 26.8 Å². The molecule has 0 spiro atoms. The van der Waals surface area contributed by atoms with Crippen molar-refractivity contribution in [1.29, 1.82) is 0 Å². The second-order valence-corrected chi connectivity index (χ2v) is 3.24. The molecule has 80 valence electrons. The summed E-state index contributed by atoms with van der Waals surface area (Å²) in [5.41, 5.74) is 0. The van der Waals surface area contributed by atoms with Gasteiger partial charge in [-0.15, -0.1) is 0 Å². The van der Waals surface area contributed by atoms with Crippen molar-refractivity contribution in [1.82, 2.24) is 0 Å². The van der Waals surface area contributed by atoms with E-state index in [0.29, 0.717) is 13.0 Å². The van der Waals surface area contributed by atoms with E-state index in [1.165, 1.54) is 4.90 Å². The van der Waals surface area contributed by atoms with Crippen LogP contribution >= 0.6 is 0 Å². The third kappa shape index (κ3) is 11.7. The molecular weight excluding hydrogens is 190 g/mol. The maximum Gasteiger partial charge on any atom is 0.305 e. The maximum absolute atomic E-state index is 10.7. The Morgan fingerprint density at radius 2 is 1.92 bits per heavy atom. The Morgan fingerprint density at radius 1 is 1.31 bits per heavy atom. The summed E-state index contributed by atoms with van der Waals surface area (Å²) in [7, 11) is 4.25. The van der Waals surface area contributed by atoms with E-state index in [1.807, 2.05) is 6.92 Å². The lowest BCUT2D eigenvalue weighted by atomic mass is 10.3. The molecule has 0 amide bonds. The van der Waals surface area contributed by atoms with Crippen molar-refractivity contribution >= 4 is 5.97 Å². The number of esters is 1. The van der Waals surface area contributed by atoms with Gasteiger partial charge in [-0.1, -0.05) is 6.92 Å². The van der Waals surface area contributed by atoms with Crippen molar-refractivity contribution in [2.75, 3.05) is 27.2 Å². The largest absolute Gasteiger partial charge is 1.00 e. The molecule has 0 saturated carbocycles. The van der Waals surface area contributed by atoms with Crippen molar-refractivity contribution in [3.05, 3.63) is 0 Å². The van der Waals surface area contributed by atoms with Gasteiger partial charge in [-0.05, 0) is 12.8 Å². The van der Waals surface area contributed by atoms with Crippen LogP contribution in [0.4, 0.5) is 0 Å². The van der Waals surface area contributed by atoms with Crippen molar-refractivity contribution in [3.8, 4) is 0 Å². The summed E-state index contributed by atoms with van der Waals surface area (Å²) in [6.45, 7) is 3.54. The minimum absolute atomic E-state index is 0. The summed E-state index contributed by atoms with van der Waals surface area (Å²) in [6, 6.07) is 0. The summed E-state index contributed by atoms with van der Waals surface area (Å²) >= 11 is 0. The molecule has 0 bridgehead atoms. The van der Waals surface area contributed by atoms with Crippen molar-refractivity contribution in [2.24, 2.45) is 0 Å². The number of ether oxygens (including phenoxy) is 1. The minimum Gasteiger partial charge on any atom is -1.00 e. The van der Waals surface area contributed by atoms with E-state index in [1.54, 1.807) is 0 Å². The van der Waals surface area contributed by atoms with Gasteiger partial charge in [-0.3, -0.25) is 4.79 Å². The Hall–Kier alpha value is -0.280. The van der Waals surface area contributed by atoms with Gasteiger partial charge < -0.3 is 22.0 Å². The second kappa shape index (κ2) is 9.81. The predicted molar refractivity (Wildman–Crippen MR) is 48.2 cm³/mol. The van der Waals surface area contributed by atoms with Crippen LogP contribution in [-0.2, 0) is 9.53 Å². The summed E-state index contributed by atoms with van der Waals surface area (Å²) in [5.74, 6) is -0.0906. The van der Waals surface area contributed by atoms with Crippen LogP contribution in [0.25, 0.3) is 0 Å². The Kier molecular flexibility index (Phi) is 11.5. The molecule has 0 aliphatic rings. The van der Waals surface area contributed by atoms with E-state index in [9.17, 15) is 4.79 Å². The lowest BCUT2D eigenvalue weighted by molar-refractivity contribution is -0.858. The van der Waals surface area contributed by atoms with Crippen LogP contribution in [0.5, 0.6) is 0 Å². The van der Waals surface area contributed by atoms with E-state index >= 15 is 0 Å². The van der Waals surface area contributed by atoms with Gasteiger partial charge in [-0.25, -0.2) is 0 Å². The van der Waals surface area contributed by atoms with Gasteiger partial charge in [0.25, 0.3) is 0 Å². The third-order valence-electron chi connectivity index (χ3n) is 1.62. The fourth-order valence-corrected chi connectivity index (χ4v) is 0.869. The number of rotatable bonds is 6. The number of unbranched alkanes of at least 4 members (excludes halogenated alkanes) is 1. The molecule has 0 rings (SSSR count). The van der Waals surface area contributed by atoms with E-state index in [2.05, 4.69) is 14.1 Å². The monoisotopic (exact) mass is 209 g/mol. The molecule has 0 aliphatic heterocycles. The number of hydrogen-bond acceptors (Lipinski definition) is 2. The Balaban J connectivity index is 0. The van der Waals surface area contributed by atoms with E-state index in [0.717, 1.165) is 19.4 Å². The van der Waals surface area contributed by atoms with Crippen LogP contribution in [0.15, 0.2) is 0 Å². The standard InChI is InChI=1S/C9H19NO2.ClH/c1-4-9(11)12-8-6-5-7-10(2)3;/h4-8H2,1-3H3;1H. The number of carbonyl (C=O) groups excluding carboxylic acids is 1. The van der Waals surface area contributed by atoms with Crippen LogP contribution in [0, 0.1) is 0 Å². The van der Waals surface area contributed by atoms with Gasteiger partial charge >= 0.3 is 5.97 Å². The van der Waals surface area contributed by atoms with Gasteiger partial charge in [0, 0.05) is 6.42 Å². The molecular formula is C9H20ClNO2. The van der Waals surface area contributed by atoms with Gasteiger partial charge in [-0.2, -0.15) is 0 Å². The van der Waals surface area contributed by atoms with E-state index in [4.69, 9.17) is 4.74 Å². The summed E-state index contributed by atoms with van der Waals surface area (Å²) in [5, 5.41) is 0. The molecule has 0 aromatic rings. The van der Waals surface area contributed by atoms with Crippen LogP contribution < -0.4 is 17.3 Å². The highest BCUT2D eigenvalue weighted by molar-refractivity contribution is 5.68. The first-order valence-electron chi connectivity index (χ1n) is 4.61. The number of carbonyl (C=O) groups is 1. The highest BCUT2D eigenvalue weighted by atomic mass is 35.5. The molecule has 0 aliphatic carbocycles. The zero-order valence-corrected chi connectivity index (χ0v) is 9.49. The average Bonchev–Trinajstić information content (AvgIpc) is 2.03. The molecule has 4 heteroatoms. The number of halogens is 1. The molecule has 0 heterocycles. The van der Waals surface area contributed by atoms with Crippen molar-refractivity contribution in [2.45, 2.75) is 26.2 Å². The molecule has 0 unspecified atom stereocenters. The zero-order chi connectivity index (χ0) is 9.40. The number of nitrogens with one attached hydrogen (secondary N) is 1. The maximum atomic E-state index is 10.7. The fraction of sp³-hybridized carbons (Fsp3) is 0.889. The highest BCUT2D eigenvalue weighted by Gasteiger charge is 1.98. The molecule has 0 saturated heterocycles. The molecule has 1 N–H and O–H groups in total. The quantitative estimate of drug-likeness (QED) is 0.371. The topological polar surface area (TPSA) is 30.7 Å². The summed E-state index contributed by atoms with van der Waals surface area (Å²) in [6.07, 6.45) is 2.59. The van der Waals surface area contributed by atoms with Gasteiger partial charge in [0.05, 0.1) is 27.2 Å². The Bertz CT molecular complexity index is 129. The third-order valence-corrected chi connectivity index (χ3v) is 1.62. The van der Waals surface area contributed by atoms with Crippen LogP contribution in [0.3, 0.4) is 0 Å². The van der Waals surface area contributed by atoms with E-state index < -0.39 is 0 Å². The molecule has 3 nitrogen and oxygen atoms in total. The number of quaternary nitrogens is 1. The van der Waals surface area contributed by atoms with Crippen LogP contribution in [-0.4, -0.2) is 33.2 Å². The lowest BCUT2D eigenvalue weighted by Gasteiger charge is -2.06. The fourth-order valence-electron chi connectivity index (χ4n) is 0.869. The SMILES string of the molecule is CCC(=O)OCCCC[NH+](C)C.[Cl-]. The first-order valence-corrected chi connectivity index (χ1v) is 4.61. The summed E-state index contributed by atoms with van der Waals surface area (Å²) in [4.78, 5) is 12.1. The first-order chi connectivity index (χ1) is 5.66. The Morgan fingerprint density at radius 3 is 2.38 bits per heavy atom. The predicted octanol–water partition coefficient (Wildman–Crippen LogP) is -3.13. The summed E-state index contributed by atoms with van der Waals surface area (Å²) < 4.78 is 4.92. The molecule has 0 aromatic heterocycles. The molecule has 0 atom stereocenters. The molecule has 0 fully saturated rings. The molecule has 13 heavy (non-hydrogen) atoms. The van der Waals surface area contributed by atoms with E-state index in [-0.39, 0.29) is 18.4 Å². The smallest absolute Gasteiger partial charge is 0.305 e. The van der Waals surface area contributed by atoms with Gasteiger partial charge in [0.2, 0.25) is 0 Å². The normalized spacial score (nSPS) is 9.54. The van der Waals surface area contributed by atoms with Gasteiger partial charge in [0.1, 0.15) is 0 Å². The number of hydrogen-bond donors (Lipinski definition) is 1. The molecule has 0 radical (unpaired) electrons. The minimum atomic E-state index is -0.0906. The van der Waals surface area contributed by atoms with Gasteiger partial charge in [0.15, 0.2) is 0 Å². The zero-order valence-electron chi connectivity index (χ0n) is 8.73. The Labute approximate surface area is 86.8 Å². The first kappa shape index (κ1) is 15.2. The lowest BCUT2D eigenvalue weighted by Crippen LogP contribution is -3.05. The van der Waals surface area contributed by atoms with Crippen molar-refractivity contribution in [3.63, 3.8) is 0 Å². The highest BCUT2D eigenvalue weighted by Crippen LogP contribution is 1.90. The van der Waals surface area contributed by atoms with Crippen LogP contribution in [0.2, 0.25) is 0 Å². The molecule has 0 aromatic carbocycles.